The third-order valence-corrected chi connectivity index (χ3v) is 4.49. The Kier molecular flexibility index (Phi) is 6.81. The van der Waals surface area contributed by atoms with Crippen molar-refractivity contribution >= 4 is 9.84 Å². The normalized spacial score (nSPS) is 11.3. The smallest absolute Gasteiger partial charge is 0.153 e. The van der Waals surface area contributed by atoms with E-state index in [1.54, 1.807) is 13.0 Å². The summed E-state index contributed by atoms with van der Waals surface area (Å²) in [5, 5.41) is 0. The van der Waals surface area contributed by atoms with Gasteiger partial charge >= 0.3 is 0 Å². The van der Waals surface area contributed by atoms with Crippen molar-refractivity contribution in [1.82, 2.24) is 0 Å². The SMILES string of the molecule is CCCOc1ccc(CN)c(OCCS(=O)(=O)CC)c1. The molecule has 0 aliphatic rings. The van der Waals surface area contributed by atoms with Gasteiger partial charge in [0.2, 0.25) is 0 Å². The maximum absolute atomic E-state index is 11.4. The van der Waals surface area contributed by atoms with E-state index < -0.39 is 9.84 Å². The van der Waals surface area contributed by atoms with Gasteiger partial charge in [0.1, 0.15) is 18.1 Å². The second-order valence-electron chi connectivity index (χ2n) is 4.41. The van der Waals surface area contributed by atoms with E-state index in [-0.39, 0.29) is 18.1 Å². The molecule has 114 valence electrons. The molecule has 0 bridgehead atoms. The summed E-state index contributed by atoms with van der Waals surface area (Å²) in [6.45, 7) is 4.75. The maximum Gasteiger partial charge on any atom is 0.153 e. The number of nitrogens with two attached hydrogens (primary N) is 1. The number of sulfone groups is 1. The first-order chi connectivity index (χ1) is 9.52. The molecule has 1 aromatic rings. The highest BCUT2D eigenvalue weighted by Gasteiger charge is 2.10. The number of hydrogen-bond acceptors (Lipinski definition) is 5. The van der Waals surface area contributed by atoms with Gasteiger partial charge < -0.3 is 15.2 Å². The van der Waals surface area contributed by atoms with Crippen molar-refractivity contribution in [2.45, 2.75) is 26.8 Å². The first-order valence-corrected chi connectivity index (χ1v) is 8.63. The van der Waals surface area contributed by atoms with Crippen LogP contribution in [-0.4, -0.2) is 33.1 Å². The molecule has 0 fully saturated rings. The average molecular weight is 301 g/mol. The van der Waals surface area contributed by atoms with E-state index in [4.69, 9.17) is 15.2 Å². The molecule has 2 N–H and O–H groups in total. The summed E-state index contributed by atoms with van der Waals surface area (Å²) in [6.07, 6.45) is 0.920. The Morgan fingerprint density at radius 1 is 1.15 bits per heavy atom. The molecule has 0 saturated carbocycles. The van der Waals surface area contributed by atoms with Gasteiger partial charge in [0.15, 0.2) is 9.84 Å². The van der Waals surface area contributed by atoms with Crippen LogP contribution in [0.25, 0.3) is 0 Å². The topological polar surface area (TPSA) is 78.6 Å². The Morgan fingerprint density at radius 3 is 2.50 bits per heavy atom. The third kappa shape index (κ3) is 5.38. The monoisotopic (exact) mass is 301 g/mol. The number of benzene rings is 1. The summed E-state index contributed by atoms with van der Waals surface area (Å²) in [4.78, 5) is 0. The van der Waals surface area contributed by atoms with E-state index in [1.807, 2.05) is 19.1 Å². The lowest BCUT2D eigenvalue weighted by molar-refractivity contribution is 0.308. The van der Waals surface area contributed by atoms with Gasteiger partial charge in [0.05, 0.1) is 12.4 Å². The van der Waals surface area contributed by atoms with Crippen molar-refractivity contribution in [3.8, 4) is 11.5 Å². The number of rotatable bonds is 9. The molecule has 20 heavy (non-hydrogen) atoms. The Balaban J connectivity index is 2.70. The van der Waals surface area contributed by atoms with Gasteiger partial charge in [0.25, 0.3) is 0 Å². The molecule has 5 nitrogen and oxygen atoms in total. The van der Waals surface area contributed by atoms with Gasteiger partial charge in [-0.3, -0.25) is 0 Å². The molecule has 0 aromatic heterocycles. The molecule has 1 rings (SSSR count). The van der Waals surface area contributed by atoms with E-state index in [0.29, 0.717) is 24.7 Å². The summed E-state index contributed by atoms with van der Waals surface area (Å²) < 4.78 is 33.9. The zero-order valence-electron chi connectivity index (χ0n) is 12.1. The lowest BCUT2D eigenvalue weighted by Gasteiger charge is -2.13. The minimum atomic E-state index is -3.02. The molecule has 6 heteroatoms. The van der Waals surface area contributed by atoms with E-state index in [0.717, 1.165) is 12.0 Å². The van der Waals surface area contributed by atoms with E-state index in [9.17, 15) is 8.42 Å². The van der Waals surface area contributed by atoms with Crippen LogP contribution in [0.3, 0.4) is 0 Å². The van der Waals surface area contributed by atoms with Crippen LogP contribution in [0.5, 0.6) is 11.5 Å². The summed E-state index contributed by atoms with van der Waals surface area (Å²) in [5.74, 6) is 1.43. The van der Waals surface area contributed by atoms with Crippen LogP contribution < -0.4 is 15.2 Å². The summed E-state index contributed by atoms with van der Waals surface area (Å²) in [6, 6.07) is 5.44. The van der Waals surface area contributed by atoms with Gasteiger partial charge in [-0.1, -0.05) is 19.9 Å². The lowest BCUT2D eigenvalue weighted by Crippen LogP contribution is -2.16. The lowest BCUT2D eigenvalue weighted by atomic mass is 10.2. The van der Waals surface area contributed by atoms with Gasteiger partial charge in [-0.25, -0.2) is 8.42 Å². The molecule has 0 aliphatic carbocycles. The molecule has 0 amide bonds. The molecule has 0 saturated heterocycles. The predicted molar refractivity (Wildman–Crippen MR) is 79.9 cm³/mol. The highest BCUT2D eigenvalue weighted by atomic mass is 32.2. The first-order valence-electron chi connectivity index (χ1n) is 6.81. The number of ether oxygens (including phenoxy) is 2. The molecule has 0 radical (unpaired) electrons. The Labute approximate surface area is 121 Å². The van der Waals surface area contributed by atoms with Gasteiger partial charge in [0, 0.05) is 23.9 Å². The minimum absolute atomic E-state index is 0.00750. The van der Waals surface area contributed by atoms with Crippen LogP contribution in [0.1, 0.15) is 25.8 Å². The van der Waals surface area contributed by atoms with E-state index >= 15 is 0 Å². The predicted octanol–water partition coefficient (Wildman–Crippen LogP) is 1.75. The van der Waals surface area contributed by atoms with E-state index in [1.165, 1.54) is 0 Å². The van der Waals surface area contributed by atoms with Gasteiger partial charge in [-0.15, -0.1) is 0 Å². The Morgan fingerprint density at radius 2 is 1.90 bits per heavy atom. The van der Waals surface area contributed by atoms with Crippen molar-refractivity contribution < 1.29 is 17.9 Å². The van der Waals surface area contributed by atoms with Crippen LogP contribution in [0.2, 0.25) is 0 Å². The minimum Gasteiger partial charge on any atom is -0.493 e. The molecule has 0 aliphatic heterocycles. The molecule has 0 heterocycles. The fraction of sp³-hybridized carbons (Fsp3) is 0.571. The van der Waals surface area contributed by atoms with Crippen LogP contribution in [0, 0.1) is 0 Å². The second kappa shape index (κ2) is 8.11. The standard InChI is InChI=1S/C14H23NO4S/c1-3-7-18-13-6-5-12(11-15)14(10-13)19-8-9-20(16,17)4-2/h5-6,10H,3-4,7-9,11,15H2,1-2H3. The van der Waals surface area contributed by atoms with E-state index in [2.05, 4.69) is 0 Å². The first kappa shape index (κ1) is 16.8. The van der Waals surface area contributed by atoms with Crippen molar-refractivity contribution in [1.29, 1.82) is 0 Å². The molecule has 1 aromatic carbocycles. The average Bonchev–Trinajstić information content (AvgIpc) is 2.45. The molecular weight excluding hydrogens is 278 g/mol. The fourth-order valence-electron chi connectivity index (χ4n) is 1.57. The third-order valence-electron chi connectivity index (χ3n) is 2.82. The van der Waals surface area contributed by atoms with Crippen molar-refractivity contribution in [3.05, 3.63) is 23.8 Å². The van der Waals surface area contributed by atoms with Gasteiger partial charge in [-0.2, -0.15) is 0 Å². The van der Waals surface area contributed by atoms with Crippen molar-refractivity contribution in [2.24, 2.45) is 5.73 Å². The van der Waals surface area contributed by atoms with Gasteiger partial charge in [-0.05, 0) is 12.5 Å². The summed E-state index contributed by atoms with van der Waals surface area (Å²) >= 11 is 0. The van der Waals surface area contributed by atoms with Crippen LogP contribution in [0.4, 0.5) is 0 Å². The van der Waals surface area contributed by atoms with Crippen molar-refractivity contribution in [2.75, 3.05) is 24.7 Å². The maximum atomic E-state index is 11.4. The zero-order valence-corrected chi connectivity index (χ0v) is 12.9. The largest absolute Gasteiger partial charge is 0.493 e. The molecule has 0 spiro atoms. The highest BCUT2D eigenvalue weighted by Crippen LogP contribution is 2.25. The Bertz CT molecular complexity index is 514. The van der Waals surface area contributed by atoms with Crippen LogP contribution >= 0.6 is 0 Å². The Hall–Kier alpha value is -1.27. The molecular formula is C14H23NO4S. The van der Waals surface area contributed by atoms with Crippen LogP contribution in [0.15, 0.2) is 18.2 Å². The quantitative estimate of drug-likeness (QED) is 0.751. The zero-order chi connectivity index (χ0) is 15.0. The van der Waals surface area contributed by atoms with Crippen molar-refractivity contribution in [3.63, 3.8) is 0 Å². The van der Waals surface area contributed by atoms with Crippen LogP contribution in [-0.2, 0) is 16.4 Å². The molecule has 0 unspecified atom stereocenters. The molecule has 0 atom stereocenters. The summed E-state index contributed by atoms with van der Waals surface area (Å²) in [7, 11) is -3.02. The fourth-order valence-corrected chi connectivity index (χ4v) is 2.20. The summed E-state index contributed by atoms with van der Waals surface area (Å²) in [5.41, 5.74) is 6.48. The number of hydrogen-bond donors (Lipinski definition) is 1. The highest BCUT2D eigenvalue weighted by molar-refractivity contribution is 7.91. The second-order valence-corrected chi connectivity index (χ2v) is 6.88.